The monoisotopic (exact) mass is 259 g/mol. The standard InChI is InChI=1S/C15H21N3O/c1-10(2)11-5-7-18(8-6-11)15-17-13-9-12(16)3-4-14(13)19-15/h3-4,9-11H,5-8,16H2,1-2H3. The second kappa shape index (κ2) is 4.76. The average molecular weight is 259 g/mol. The molecule has 0 atom stereocenters. The first-order valence-electron chi connectivity index (χ1n) is 7.04. The Balaban J connectivity index is 1.78. The third-order valence-electron chi connectivity index (χ3n) is 4.15. The van der Waals surface area contributed by atoms with Crippen molar-refractivity contribution in [2.24, 2.45) is 11.8 Å². The molecule has 1 aromatic carbocycles. The predicted octanol–water partition coefficient (Wildman–Crippen LogP) is 3.28. The van der Waals surface area contributed by atoms with Crippen LogP contribution < -0.4 is 10.6 Å². The number of anilines is 2. The summed E-state index contributed by atoms with van der Waals surface area (Å²) in [7, 11) is 0. The second-order valence-corrected chi connectivity index (χ2v) is 5.79. The Kier molecular flexibility index (Phi) is 3.09. The first kappa shape index (κ1) is 12.3. The Hall–Kier alpha value is -1.71. The van der Waals surface area contributed by atoms with E-state index < -0.39 is 0 Å². The van der Waals surface area contributed by atoms with Gasteiger partial charge in [0, 0.05) is 18.8 Å². The highest BCUT2D eigenvalue weighted by Gasteiger charge is 2.24. The smallest absolute Gasteiger partial charge is 0.298 e. The molecule has 2 N–H and O–H groups in total. The maximum absolute atomic E-state index is 5.82. The lowest BCUT2D eigenvalue weighted by Crippen LogP contribution is -2.35. The van der Waals surface area contributed by atoms with Gasteiger partial charge in [-0.3, -0.25) is 0 Å². The molecule has 0 spiro atoms. The van der Waals surface area contributed by atoms with Crippen LogP contribution in [0.5, 0.6) is 0 Å². The summed E-state index contributed by atoms with van der Waals surface area (Å²) >= 11 is 0. The third-order valence-corrected chi connectivity index (χ3v) is 4.15. The quantitative estimate of drug-likeness (QED) is 0.841. The summed E-state index contributed by atoms with van der Waals surface area (Å²) in [5.74, 6) is 1.60. The van der Waals surface area contributed by atoms with Crippen molar-refractivity contribution in [2.45, 2.75) is 26.7 Å². The van der Waals surface area contributed by atoms with E-state index in [0.29, 0.717) is 0 Å². The number of hydrogen-bond acceptors (Lipinski definition) is 4. The molecule has 1 fully saturated rings. The molecule has 0 unspecified atom stereocenters. The third kappa shape index (κ3) is 2.39. The highest BCUT2D eigenvalue weighted by molar-refractivity contribution is 5.78. The zero-order valence-electron chi connectivity index (χ0n) is 11.6. The van der Waals surface area contributed by atoms with Gasteiger partial charge in [0.25, 0.3) is 6.01 Å². The van der Waals surface area contributed by atoms with Crippen molar-refractivity contribution < 1.29 is 4.42 Å². The van der Waals surface area contributed by atoms with Crippen molar-refractivity contribution in [2.75, 3.05) is 23.7 Å². The van der Waals surface area contributed by atoms with E-state index >= 15 is 0 Å². The van der Waals surface area contributed by atoms with Crippen LogP contribution in [0.2, 0.25) is 0 Å². The fourth-order valence-corrected chi connectivity index (χ4v) is 2.82. The fraction of sp³-hybridized carbons (Fsp3) is 0.533. The van der Waals surface area contributed by atoms with E-state index in [0.717, 1.165) is 47.7 Å². The van der Waals surface area contributed by atoms with Crippen LogP contribution in [0.25, 0.3) is 11.1 Å². The Bertz CT molecular complexity index is 568. The number of hydrogen-bond donors (Lipinski definition) is 1. The molecule has 0 bridgehead atoms. The molecule has 3 rings (SSSR count). The molecule has 0 amide bonds. The number of rotatable bonds is 2. The van der Waals surface area contributed by atoms with Gasteiger partial charge < -0.3 is 15.1 Å². The minimum atomic E-state index is 0.728. The SMILES string of the molecule is CC(C)C1CCN(c2nc3cc(N)ccc3o2)CC1. The summed E-state index contributed by atoms with van der Waals surface area (Å²) in [6.07, 6.45) is 2.44. The molecule has 1 aromatic heterocycles. The molecule has 4 nitrogen and oxygen atoms in total. The number of aromatic nitrogens is 1. The second-order valence-electron chi connectivity index (χ2n) is 5.79. The van der Waals surface area contributed by atoms with E-state index in [4.69, 9.17) is 10.2 Å². The van der Waals surface area contributed by atoms with Gasteiger partial charge in [0.1, 0.15) is 5.52 Å². The molecule has 0 saturated carbocycles. The van der Waals surface area contributed by atoms with E-state index in [1.807, 2.05) is 18.2 Å². The van der Waals surface area contributed by atoms with Crippen LogP contribution in [0, 0.1) is 11.8 Å². The van der Waals surface area contributed by atoms with Gasteiger partial charge in [-0.25, -0.2) is 0 Å². The average Bonchev–Trinajstić information content (AvgIpc) is 2.81. The Morgan fingerprint density at radius 3 is 2.74 bits per heavy atom. The van der Waals surface area contributed by atoms with Crippen molar-refractivity contribution in [3.8, 4) is 0 Å². The van der Waals surface area contributed by atoms with Gasteiger partial charge in [-0.1, -0.05) is 13.8 Å². The molecule has 2 heterocycles. The topological polar surface area (TPSA) is 55.3 Å². The minimum absolute atomic E-state index is 0.728. The van der Waals surface area contributed by atoms with Crippen LogP contribution >= 0.6 is 0 Å². The van der Waals surface area contributed by atoms with Crippen LogP contribution in [-0.4, -0.2) is 18.1 Å². The molecule has 1 saturated heterocycles. The van der Waals surface area contributed by atoms with Gasteiger partial charge in [-0.15, -0.1) is 0 Å². The zero-order valence-corrected chi connectivity index (χ0v) is 11.6. The van der Waals surface area contributed by atoms with Crippen LogP contribution in [-0.2, 0) is 0 Å². The van der Waals surface area contributed by atoms with E-state index in [9.17, 15) is 0 Å². The first-order chi connectivity index (χ1) is 9.13. The molecule has 102 valence electrons. The number of nitrogens with zero attached hydrogens (tertiary/aromatic N) is 2. The zero-order chi connectivity index (χ0) is 13.4. The lowest BCUT2D eigenvalue weighted by molar-refractivity contribution is 0.305. The van der Waals surface area contributed by atoms with Gasteiger partial charge in [-0.2, -0.15) is 4.98 Å². The van der Waals surface area contributed by atoms with Gasteiger partial charge >= 0.3 is 0 Å². The minimum Gasteiger partial charge on any atom is -0.423 e. The molecule has 0 radical (unpaired) electrons. The fourth-order valence-electron chi connectivity index (χ4n) is 2.82. The number of nitrogens with two attached hydrogens (primary N) is 1. The summed E-state index contributed by atoms with van der Waals surface area (Å²) in [6.45, 7) is 6.68. The normalized spacial score (nSPS) is 17.5. The van der Waals surface area contributed by atoms with Crippen molar-refractivity contribution in [3.63, 3.8) is 0 Å². The largest absolute Gasteiger partial charge is 0.423 e. The van der Waals surface area contributed by atoms with E-state index in [2.05, 4.69) is 23.7 Å². The van der Waals surface area contributed by atoms with Crippen molar-refractivity contribution in [1.82, 2.24) is 4.98 Å². The van der Waals surface area contributed by atoms with Gasteiger partial charge in [0.05, 0.1) is 0 Å². The van der Waals surface area contributed by atoms with Gasteiger partial charge in [0.15, 0.2) is 5.58 Å². The van der Waals surface area contributed by atoms with Crippen LogP contribution in [0.15, 0.2) is 22.6 Å². The maximum Gasteiger partial charge on any atom is 0.298 e. The number of benzene rings is 1. The van der Waals surface area contributed by atoms with E-state index in [1.165, 1.54) is 12.8 Å². The van der Waals surface area contributed by atoms with Gasteiger partial charge in [0.2, 0.25) is 0 Å². The molecule has 2 aromatic rings. The van der Waals surface area contributed by atoms with E-state index in [-0.39, 0.29) is 0 Å². The number of oxazole rings is 1. The Morgan fingerprint density at radius 1 is 1.32 bits per heavy atom. The van der Waals surface area contributed by atoms with E-state index in [1.54, 1.807) is 0 Å². The Labute approximate surface area is 113 Å². The Morgan fingerprint density at radius 2 is 2.05 bits per heavy atom. The highest BCUT2D eigenvalue weighted by Crippen LogP contribution is 2.29. The summed E-state index contributed by atoms with van der Waals surface area (Å²) < 4.78 is 5.82. The lowest BCUT2D eigenvalue weighted by Gasteiger charge is -2.32. The molecular weight excluding hydrogens is 238 g/mol. The van der Waals surface area contributed by atoms with Gasteiger partial charge in [-0.05, 0) is 42.9 Å². The highest BCUT2D eigenvalue weighted by atomic mass is 16.4. The van der Waals surface area contributed by atoms with Crippen molar-refractivity contribution in [3.05, 3.63) is 18.2 Å². The molecule has 4 heteroatoms. The van der Waals surface area contributed by atoms with Crippen LogP contribution in [0.3, 0.4) is 0 Å². The predicted molar refractivity (Wildman–Crippen MR) is 78.2 cm³/mol. The molecule has 0 aliphatic carbocycles. The van der Waals surface area contributed by atoms with Crippen LogP contribution in [0.4, 0.5) is 11.7 Å². The summed E-state index contributed by atoms with van der Waals surface area (Å²) in [5, 5.41) is 0. The van der Waals surface area contributed by atoms with Crippen LogP contribution in [0.1, 0.15) is 26.7 Å². The maximum atomic E-state index is 5.82. The molecule has 19 heavy (non-hydrogen) atoms. The number of nitrogen functional groups attached to an aromatic ring is 1. The molecular formula is C15H21N3O. The summed E-state index contributed by atoms with van der Waals surface area (Å²) in [6, 6.07) is 6.34. The summed E-state index contributed by atoms with van der Waals surface area (Å²) in [5.41, 5.74) is 8.16. The number of piperidine rings is 1. The first-order valence-corrected chi connectivity index (χ1v) is 7.04. The van der Waals surface area contributed by atoms with Crippen molar-refractivity contribution in [1.29, 1.82) is 0 Å². The number of fused-ring (bicyclic) bond motifs is 1. The summed E-state index contributed by atoms with van der Waals surface area (Å²) in [4.78, 5) is 6.79. The molecule has 1 aliphatic heterocycles. The lowest BCUT2D eigenvalue weighted by atomic mass is 9.87. The molecule has 1 aliphatic rings. The van der Waals surface area contributed by atoms with Crippen molar-refractivity contribution >= 4 is 22.8 Å².